The van der Waals surface area contributed by atoms with E-state index in [1.165, 1.54) is 11.1 Å². The molecule has 0 saturated carbocycles. The van der Waals surface area contributed by atoms with Crippen molar-refractivity contribution >= 4 is 32.4 Å². The summed E-state index contributed by atoms with van der Waals surface area (Å²) in [5, 5.41) is 9.88. The lowest BCUT2D eigenvalue weighted by Gasteiger charge is -2.27. The average molecular weight is 589 g/mol. The van der Waals surface area contributed by atoms with Gasteiger partial charge in [-0.05, 0) is 67.3 Å². The molecule has 1 N–H and O–H groups in total. The second-order valence-corrected chi connectivity index (χ2v) is 11.7. The van der Waals surface area contributed by atoms with Crippen molar-refractivity contribution in [2.45, 2.75) is 36.9 Å². The molecule has 1 aliphatic carbocycles. The number of sulfonamides is 1. The Balaban J connectivity index is 1.31. The molecule has 208 valence electrons. The quantitative estimate of drug-likeness (QED) is 0.270. The van der Waals surface area contributed by atoms with E-state index in [4.69, 9.17) is 4.84 Å². The fourth-order valence-electron chi connectivity index (χ4n) is 4.44. The number of carbonyl (C=O) groups excluding carboxylic acids is 1. The van der Waals surface area contributed by atoms with Crippen LogP contribution in [0.5, 0.6) is 0 Å². The van der Waals surface area contributed by atoms with E-state index >= 15 is 0 Å². The molecule has 0 saturated heterocycles. The van der Waals surface area contributed by atoms with Crippen LogP contribution >= 0.6 is 11.3 Å². The highest BCUT2D eigenvalue weighted by molar-refractivity contribution is 7.93. The molecule has 0 spiro atoms. The maximum atomic E-state index is 13.2. The molecule has 1 amide bonds. The number of benzene rings is 3. The van der Waals surface area contributed by atoms with Crippen molar-refractivity contribution in [1.29, 1.82) is 0 Å². The topological polar surface area (TPSA) is 101 Å². The van der Waals surface area contributed by atoms with Gasteiger partial charge in [-0.1, -0.05) is 47.7 Å². The minimum absolute atomic E-state index is 0.0281. The molecule has 0 aliphatic heterocycles. The Labute approximate surface area is 232 Å². The third-order valence-electron chi connectivity index (χ3n) is 6.33. The molecule has 5 rings (SSSR count). The summed E-state index contributed by atoms with van der Waals surface area (Å²) in [5.74, 6) is -0.576. The van der Waals surface area contributed by atoms with Gasteiger partial charge in [0.15, 0.2) is 0 Å². The van der Waals surface area contributed by atoms with E-state index in [1.54, 1.807) is 19.1 Å². The number of halogens is 3. The number of hydrogen-bond donors (Lipinski definition) is 1. The largest absolute Gasteiger partial charge is 0.416 e. The van der Waals surface area contributed by atoms with Crippen LogP contribution in [0.3, 0.4) is 0 Å². The SMILES string of the molecule is CCON(C(=O)c1ccc(C(F)(F)F)cc1)C1Cc2ccc(S(=O)(=O)Nc3nnc(-c4ccccc4)s3)cc2C1. The Morgan fingerprint density at radius 1 is 1.02 bits per heavy atom. The van der Waals surface area contributed by atoms with Crippen LogP contribution in [0.4, 0.5) is 18.3 Å². The molecule has 1 aromatic heterocycles. The maximum absolute atomic E-state index is 13.2. The van der Waals surface area contributed by atoms with Crippen molar-refractivity contribution in [2.24, 2.45) is 0 Å². The number of fused-ring (bicyclic) bond motifs is 1. The number of carbonyl (C=O) groups is 1. The van der Waals surface area contributed by atoms with E-state index in [9.17, 15) is 26.4 Å². The molecule has 0 bridgehead atoms. The van der Waals surface area contributed by atoms with Crippen molar-refractivity contribution < 1.29 is 31.2 Å². The number of amides is 1. The smallest absolute Gasteiger partial charge is 0.271 e. The van der Waals surface area contributed by atoms with Gasteiger partial charge in [-0.3, -0.25) is 14.4 Å². The summed E-state index contributed by atoms with van der Waals surface area (Å²) in [6.45, 7) is 1.86. The van der Waals surface area contributed by atoms with Crippen LogP contribution in [0.1, 0.15) is 34.0 Å². The Hall–Kier alpha value is -3.81. The van der Waals surface area contributed by atoms with Crippen molar-refractivity contribution in [2.75, 3.05) is 11.3 Å². The van der Waals surface area contributed by atoms with Crippen LogP contribution in [-0.2, 0) is 33.9 Å². The summed E-state index contributed by atoms with van der Waals surface area (Å²) in [6.07, 6.45) is -3.81. The maximum Gasteiger partial charge on any atom is 0.416 e. The number of rotatable bonds is 8. The van der Waals surface area contributed by atoms with E-state index < -0.39 is 33.7 Å². The van der Waals surface area contributed by atoms with Crippen molar-refractivity contribution in [3.8, 4) is 10.6 Å². The number of alkyl halides is 3. The average Bonchev–Trinajstić information content (AvgIpc) is 3.58. The monoisotopic (exact) mass is 588 g/mol. The van der Waals surface area contributed by atoms with E-state index in [1.807, 2.05) is 30.3 Å². The third-order valence-corrected chi connectivity index (χ3v) is 8.68. The summed E-state index contributed by atoms with van der Waals surface area (Å²) in [5.41, 5.74) is 1.58. The molecule has 0 radical (unpaired) electrons. The van der Waals surface area contributed by atoms with Gasteiger partial charge in [0.2, 0.25) is 5.13 Å². The molecule has 8 nitrogen and oxygen atoms in total. The van der Waals surface area contributed by atoms with Gasteiger partial charge in [0, 0.05) is 11.1 Å². The number of hydrogen-bond acceptors (Lipinski definition) is 7. The lowest BCUT2D eigenvalue weighted by atomic mass is 10.1. The minimum Gasteiger partial charge on any atom is -0.271 e. The van der Waals surface area contributed by atoms with E-state index in [0.717, 1.165) is 52.3 Å². The summed E-state index contributed by atoms with van der Waals surface area (Å²) in [7, 11) is -3.97. The zero-order valence-electron chi connectivity index (χ0n) is 21.1. The highest BCUT2D eigenvalue weighted by atomic mass is 32.2. The molecule has 4 aromatic rings. The molecule has 3 aromatic carbocycles. The highest BCUT2D eigenvalue weighted by Crippen LogP contribution is 2.32. The summed E-state index contributed by atoms with van der Waals surface area (Å²) in [6, 6.07) is 17.5. The van der Waals surface area contributed by atoms with Gasteiger partial charge in [0.25, 0.3) is 15.9 Å². The second kappa shape index (κ2) is 11.0. The molecule has 1 atom stereocenters. The molecule has 1 unspecified atom stereocenters. The number of anilines is 1. The van der Waals surface area contributed by atoms with Gasteiger partial charge in [0.05, 0.1) is 23.1 Å². The predicted molar refractivity (Wildman–Crippen MR) is 143 cm³/mol. The first-order chi connectivity index (χ1) is 19.0. The van der Waals surface area contributed by atoms with Crippen molar-refractivity contribution in [3.05, 3.63) is 95.1 Å². The van der Waals surface area contributed by atoms with Crippen LogP contribution in [-0.4, -0.2) is 42.2 Å². The molecular formula is C27H23F3N4O4S2. The van der Waals surface area contributed by atoms with Crippen molar-refractivity contribution in [3.63, 3.8) is 0 Å². The van der Waals surface area contributed by atoms with Crippen LogP contribution in [0, 0.1) is 0 Å². The first-order valence-electron chi connectivity index (χ1n) is 12.2. The predicted octanol–water partition coefficient (Wildman–Crippen LogP) is 5.59. The zero-order chi connectivity index (χ0) is 28.5. The standard InChI is InChI=1S/C27H23F3N4O4S2/c1-2-38-34(25(35)18-8-11-21(12-9-18)27(28,29)30)22-14-19-10-13-23(16-20(19)15-22)40(36,37)33-26-32-31-24(39-26)17-6-4-3-5-7-17/h3-13,16,22H,2,14-15H2,1H3,(H,32,33). The lowest BCUT2D eigenvalue weighted by Crippen LogP contribution is -2.41. The fraction of sp³-hybridized carbons (Fsp3) is 0.222. The fourth-order valence-corrected chi connectivity index (χ4v) is 6.47. The molecular weight excluding hydrogens is 565 g/mol. The zero-order valence-corrected chi connectivity index (χ0v) is 22.7. The number of aromatic nitrogens is 2. The molecule has 13 heteroatoms. The van der Waals surface area contributed by atoms with E-state index in [2.05, 4.69) is 14.9 Å². The lowest BCUT2D eigenvalue weighted by molar-refractivity contribution is -0.142. The van der Waals surface area contributed by atoms with Gasteiger partial charge in [-0.2, -0.15) is 13.2 Å². The molecule has 40 heavy (non-hydrogen) atoms. The van der Waals surface area contributed by atoms with Gasteiger partial charge in [0.1, 0.15) is 5.01 Å². The number of nitrogens with zero attached hydrogens (tertiary/aromatic N) is 3. The van der Waals surface area contributed by atoms with Crippen LogP contribution < -0.4 is 4.72 Å². The van der Waals surface area contributed by atoms with Crippen LogP contribution in [0.2, 0.25) is 0 Å². The second-order valence-electron chi connectivity index (χ2n) is 9.00. The Bertz CT molecular complexity index is 1630. The minimum atomic E-state index is -4.51. The first-order valence-corrected chi connectivity index (χ1v) is 14.5. The molecule has 0 fully saturated rings. The number of hydroxylamine groups is 2. The van der Waals surface area contributed by atoms with Crippen molar-refractivity contribution in [1.82, 2.24) is 15.3 Å². The van der Waals surface area contributed by atoms with Gasteiger partial charge >= 0.3 is 6.18 Å². The Morgan fingerprint density at radius 2 is 1.73 bits per heavy atom. The Kier molecular flexibility index (Phi) is 7.62. The van der Waals surface area contributed by atoms with E-state index in [0.29, 0.717) is 17.8 Å². The number of nitrogens with one attached hydrogen (secondary N) is 1. The van der Waals surface area contributed by atoms with E-state index in [-0.39, 0.29) is 22.2 Å². The van der Waals surface area contributed by atoms with Crippen LogP contribution in [0.25, 0.3) is 10.6 Å². The highest BCUT2D eigenvalue weighted by Gasteiger charge is 2.34. The molecule has 1 heterocycles. The normalized spacial score (nSPS) is 15.1. The van der Waals surface area contributed by atoms with Gasteiger partial charge < -0.3 is 0 Å². The first kappa shape index (κ1) is 27.7. The summed E-state index contributed by atoms with van der Waals surface area (Å²) in [4.78, 5) is 18.8. The Morgan fingerprint density at radius 3 is 2.40 bits per heavy atom. The van der Waals surface area contributed by atoms with Gasteiger partial charge in [-0.25, -0.2) is 13.5 Å². The molecule has 1 aliphatic rings. The van der Waals surface area contributed by atoms with Crippen LogP contribution in [0.15, 0.2) is 77.7 Å². The third kappa shape index (κ3) is 5.86. The summed E-state index contributed by atoms with van der Waals surface area (Å²) < 4.78 is 67.5. The van der Waals surface area contributed by atoms with Gasteiger partial charge in [-0.15, -0.1) is 10.2 Å². The summed E-state index contributed by atoms with van der Waals surface area (Å²) >= 11 is 1.11.